The zero-order valence-corrected chi connectivity index (χ0v) is 6.90. The second-order valence-electron chi connectivity index (χ2n) is 1.99. The summed E-state index contributed by atoms with van der Waals surface area (Å²) in [6.45, 7) is 0. The number of phenols is 1. The summed E-state index contributed by atoms with van der Waals surface area (Å²) in [5.41, 5.74) is 2.10. The molecule has 0 aliphatic heterocycles. The number of rotatable bonds is 1. The number of nitrogen functional groups attached to an aromatic ring is 1. The summed E-state index contributed by atoms with van der Waals surface area (Å²) in [6.07, 6.45) is 0. The maximum Gasteiger partial charge on any atom is 0.268 e. The molecule has 0 aliphatic rings. The molecular formula is C7H12N4O2. The van der Waals surface area contributed by atoms with E-state index in [4.69, 9.17) is 10.9 Å². The summed E-state index contributed by atoms with van der Waals surface area (Å²) in [6, 6.07) is 6.18. The van der Waals surface area contributed by atoms with E-state index in [-0.39, 0.29) is 11.3 Å². The largest absolute Gasteiger partial charge is 0.507 e. The molecule has 6 heteroatoms. The van der Waals surface area contributed by atoms with E-state index >= 15 is 0 Å². The van der Waals surface area contributed by atoms with Crippen molar-refractivity contribution < 1.29 is 9.90 Å². The average molecular weight is 184 g/mol. The Morgan fingerprint density at radius 2 is 1.85 bits per heavy atom. The van der Waals surface area contributed by atoms with Gasteiger partial charge in [-0.3, -0.25) is 21.9 Å². The summed E-state index contributed by atoms with van der Waals surface area (Å²) in [4.78, 5) is 10.8. The maximum absolute atomic E-state index is 10.8. The van der Waals surface area contributed by atoms with Gasteiger partial charge in [0.1, 0.15) is 5.75 Å². The Labute approximate surface area is 75.3 Å². The van der Waals surface area contributed by atoms with Crippen LogP contribution in [0.3, 0.4) is 0 Å². The highest BCUT2D eigenvalue weighted by atomic mass is 16.3. The lowest BCUT2D eigenvalue weighted by molar-refractivity contribution is 0.0951. The van der Waals surface area contributed by atoms with E-state index in [9.17, 15) is 4.79 Å². The Hall–Kier alpha value is -1.63. The van der Waals surface area contributed by atoms with Crippen LogP contribution < -0.4 is 23.0 Å². The Balaban J connectivity index is 0.000000671. The van der Waals surface area contributed by atoms with Crippen molar-refractivity contribution in [3.05, 3.63) is 29.8 Å². The maximum atomic E-state index is 10.8. The van der Waals surface area contributed by atoms with Gasteiger partial charge in [-0.25, -0.2) is 5.84 Å². The van der Waals surface area contributed by atoms with Gasteiger partial charge in [0, 0.05) is 0 Å². The number of phenolic OH excluding ortho intramolecular Hbond substituents is 1. The van der Waals surface area contributed by atoms with E-state index in [1.165, 1.54) is 12.1 Å². The third-order valence-corrected chi connectivity index (χ3v) is 1.28. The van der Waals surface area contributed by atoms with E-state index in [1.807, 2.05) is 5.43 Å². The molecule has 0 fully saturated rings. The first-order valence-corrected chi connectivity index (χ1v) is 3.38. The number of nitrogens with two attached hydrogens (primary N) is 3. The number of hydrogen-bond acceptors (Lipinski definition) is 5. The molecule has 0 spiro atoms. The molecule has 1 amide bonds. The fourth-order valence-corrected chi connectivity index (χ4v) is 0.743. The standard InChI is InChI=1S/C7H8N2O2.H4N2/c8-9-7(11)5-3-1-2-4-6(5)10;1-2/h1-4,10H,8H2,(H,9,11);1-2H2. The van der Waals surface area contributed by atoms with E-state index < -0.39 is 5.91 Å². The van der Waals surface area contributed by atoms with Crippen LogP contribution in [0.2, 0.25) is 0 Å². The highest BCUT2D eigenvalue weighted by Crippen LogP contribution is 2.14. The summed E-state index contributed by atoms with van der Waals surface area (Å²) in [5, 5.41) is 9.10. The Kier molecular flexibility index (Phi) is 5.20. The molecule has 1 aromatic carbocycles. The van der Waals surface area contributed by atoms with Gasteiger partial charge in [-0.1, -0.05) is 12.1 Å². The lowest BCUT2D eigenvalue weighted by Gasteiger charge is -2.00. The van der Waals surface area contributed by atoms with Gasteiger partial charge in [0.15, 0.2) is 0 Å². The first-order valence-electron chi connectivity index (χ1n) is 3.38. The van der Waals surface area contributed by atoms with Crippen molar-refractivity contribution in [2.45, 2.75) is 0 Å². The first-order chi connectivity index (χ1) is 6.25. The normalized spacial score (nSPS) is 8.23. The van der Waals surface area contributed by atoms with Crippen LogP contribution in [-0.2, 0) is 0 Å². The van der Waals surface area contributed by atoms with Crippen LogP contribution in [0.1, 0.15) is 10.4 Å². The van der Waals surface area contributed by atoms with Crippen molar-refractivity contribution >= 4 is 5.91 Å². The molecule has 0 aliphatic carbocycles. The Morgan fingerprint density at radius 1 is 1.31 bits per heavy atom. The number of amides is 1. The molecule has 1 aromatic rings. The SMILES string of the molecule is NN.NNC(=O)c1ccccc1O. The predicted molar refractivity (Wildman–Crippen MR) is 48.1 cm³/mol. The molecule has 6 nitrogen and oxygen atoms in total. The quantitative estimate of drug-likeness (QED) is 0.213. The minimum atomic E-state index is -0.497. The minimum absolute atomic E-state index is 0.0737. The van der Waals surface area contributed by atoms with Crippen LogP contribution in [0, 0.1) is 0 Å². The molecule has 0 unspecified atom stereocenters. The number of para-hydroxylation sites is 1. The number of carbonyl (C=O) groups is 1. The van der Waals surface area contributed by atoms with E-state index in [0.29, 0.717) is 0 Å². The summed E-state index contributed by atoms with van der Waals surface area (Å²) in [5.74, 6) is 12.3. The highest BCUT2D eigenvalue weighted by molar-refractivity contribution is 5.96. The van der Waals surface area contributed by atoms with Gasteiger partial charge in [0.25, 0.3) is 5.91 Å². The molecule has 0 aromatic heterocycles. The second-order valence-corrected chi connectivity index (χ2v) is 1.99. The van der Waals surface area contributed by atoms with Crippen LogP contribution in [0.4, 0.5) is 0 Å². The van der Waals surface area contributed by atoms with Crippen molar-refractivity contribution in [2.75, 3.05) is 0 Å². The van der Waals surface area contributed by atoms with Crippen molar-refractivity contribution in [3.8, 4) is 5.75 Å². The van der Waals surface area contributed by atoms with E-state index in [0.717, 1.165) is 0 Å². The third kappa shape index (κ3) is 3.08. The van der Waals surface area contributed by atoms with E-state index in [2.05, 4.69) is 11.7 Å². The minimum Gasteiger partial charge on any atom is -0.507 e. The smallest absolute Gasteiger partial charge is 0.268 e. The monoisotopic (exact) mass is 184 g/mol. The summed E-state index contributed by atoms with van der Waals surface area (Å²) < 4.78 is 0. The molecule has 0 bridgehead atoms. The molecule has 13 heavy (non-hydrogen) atoms. The van der Waals surface area contributed by atoms with Crippen LogP contribution >= 0.6 is 0 Å². The van der Waals surface area contributed by atoms with Crippen molar-refractivity contribution in [3.63, 3.8) is 0 Å². The number of hydrogen-bond donors (Lipinski definition) is 5. The van der Waals surface area contributed by atoms with Gasteiger partial charge in [-0.15, -0.1) is 0 Å². The number of carbonyl (C=O) groups excluding carboxylic acids is 1. The zero-order valence-electron chi connectivity index (χ0n) is 6.90. The molecule has 0 saturated heterocycles. The molecule has 72 valence electrons. The van der Waals surface area contributed by atoms with Crippen molar-refractivity contribution in [1.29, 1.82) is 0 Å². The third-order valence-electron chi connectivity index (χ3n) is 1.28. The van der Waals surface area contributed by atoms with Crippen molar-refractivity contribution in [2.24, 2.45) is 17.5 Å². The fourth-order valence-electron chi connectivity index (χ4n) is 0.743. The summed E-state index contributed by atoms with van der Waals surface area (Å²) in [7, 11) is 0. The molecule has 0 radical (unpaired) electrons. The van der Waals surface area contributed by atoms with Gasteiger partial charge < -0.3 is 5.11 Å². The summed E-state index contributed by atoms with van der Waals surface area (Å²) >= 11 is 0. The van der Waals surface area contributed by atoms with Gasteiger partial charge in [-0.05, 0) is 12.1 Å². The topological polar surface area (TPSA) is 127 Å². The van der Waals surface area contributed by atoms with Crippen LogP contribution in [-0.4, -0.2) is 11.0 Å². The average Bonchev–Trinajstić information content (AvgIpc) is 2.20. The molecule has 0 heterocycles. The van der Waals surface area contributed by atoms with E-state index in [1.54, 1.807) is 12.1 Å². The van der Waals surface area contributed by atoms with Gasteiger partial charge in [0.05, 0.1) is 5.56 Å². The first kappa shape index (κ1) is 11.4. The van der Waals surface area contributed by atoms with Gasteiger partial charge in [0.2, 0.25) is 0 Å². The Morgan fingerprint density at radius 3 is 2.31 bits per heavy atom. The fraction of sp³-hybridized carbons (Fsp3) is 0. The zero-order chi connectivity index (χ0) is 10.3. The van der Waals surface area contributed by atoms with Crippen molar-refractivity contribution in [1.82, 2.24) is 5.43 Å². The van der Waals surface area contributed by atoms with Gasteiger partial charge >= 0.3 is 0 Å². The lowest BCUT2D eigenvalue weighted by atomic mass is 10.2. The van der Waals surface area contributed by atoms with Crippen LogP contribution in [0.25, 0.3) is 0 Å². The molecular weight excluding hydrogens is 172 g/mol. The predicted octanol–water partition coefficient (Wildman–Crippen LogP) is -1.19. The molecule has 1 rings (SSSR count). The van der Waals surface area contributed by atoms with Gasteiger partial charge in [-0.2, -0.15) is 0 Å². The number of aromatic hydroxyl groups is 1. The molecule has 0 saturated carbocycles. The number of hydrazine groups is 2. The Bertz CT molecular complexity index is 277. The number of nitrogens with one attached hydrogen (secondary N) is 1. The second kappa shape index (κ2) is 5.95. The lowest BCUT2D eigenvalue weighted by Crippen LogP contribution is -2.29. The molecule has 8 N–H and O–H groups in total. The van der Waals surface area contributed by atoms with Crippen LogP contribution in [0.5, 0.6) is 5.75 Å². The molecule has 0 atom stereocenters. The highest BCUT2D eigenvalue weighted by Gasteiger charge is 2.06. The van der Waals surface area contributed by atoms with Crippen LogP contribution in [0.15, 0.2) is 24.3 Å². The number of benzene rings is 1.